The molecule has 2 amide bonds. The third-order valence-corrected chi connectivity index (χ3v) is 2.30. The van der Waals surface area contributed by atoms with E-state index in [1.807, 2.05) is 19.9 Å². The number of nitrogens with one attached hydrogen (secondary N) is 1. The van der Waals surface area contributed by atoms with Gasteiger partial charge in [-0.05, 0) is 31.0 Å². The lowest BCUT2D eigenvalue weighted by Gasteiger charge is -2.19. The van der Waals surface area contributed by atoms with E-state index in [1.165, 1.54) is 4.90 Å². The number of benzene rings is 1. The van der Waals surface area contributed by atoms with Crippen molar-refractivity contribution in [2.24, 2.45) is 0 Å². The molecule has 0 bridgehead atoms. The second kappa shape index (κ2) is 4.21. The van der Waals surface area contributed by atoms with Gasteiger partial charge >= 0.3 is 6.03 Å². The fourth-order valence-corrected chi connectivity index (χ4v) is 1.47. The van der Waals surface area contributed by atoms with E-state index in [0.29, 0.717) is 5.69 Å². The van der Waals surface area contributed by atoms with Gasteiger partial charge in [0.2, 0.25) is 0 Å². The second-order valence-electron chi connectivity index (χ2n) is 3.56. The fraction of sp³-hybridized carbons (Fsp3) is 0.364. The highest BCUT2D eigenvalue weighted by Gasteiger charge is 2.14. The van der Waals surface area contributed by atoms with E-state index in [1.54, 1.807) is 20.2 Å². The number of urea groups is 1. The average molecular weight is 208 g/mol. The van der Waals surface area contributed by atoms with Crippen LogP contribution in [-0.2, 0) is 0 Å². The largest absolute Gasteiger partial charge is 0.505 e. The number of anilines is 1. The number of aromatic hydroxyl groups is 1. The van der Waals surface area contributed by atoms with Crippen molar-refractivity contribution >= 4 is 11.7 Å². The Bertz CT molecular complexity index is 388. The highest BCUT2D eigenvalue weighted by Crippen LogP contribution is 2.31. The summed E-state index contributed by atoms with van der Waals surface area (Å²) < 4.78 is 0. The summed E-state index contributed by atoms with van der Waals surface area (Å²) in [5.41, 5.74) is 2.30. The van der Waals surface area contributed by atoms with Gasteiger partial charge in [-0.25, -0.2) is 4.79 Å². The van der Waals surface area contributed by atoms with Crippen LogP contribution in [0.2, 0.25) is 0 Å². The Morgan fingerprint density at radius 3 is 2.53 bits per heavy atom. The van der Waals surface area contributed by atoms with Crippen molar-refractivity contribution in [1.29, 1.82) is 0 Å². The second-order valence-corrected chi connectivity index (χ2v) is 3.56. The zero-order valence-electron chi connectivity index (χ0n) is 9.46. The molecule has 0 heterocycles. The van der Waals surface area contributed by atoms with E-state index in [9.17, 15) is 9.90 Å². The summed E-state index contributed by atoms with van der Waals surface area (Å²) >= 11 is 0. The number of aryl methyl sites for hydroxylation is 2. The fourth-order valence-electron chi connectivity index (χ4n) is 1.47. The molecular weight excluding hydrogens is 192 g/mol. The van der Waals surface area contributed by atoms with Gasteiger partial charge in [0.05, 0.1) is 5.69 Å². The topological polar surface area (TPSA) is 52.6 Å². The number of phenols is 1. The van der Waals surface area contributed by atoms with Gasteiger partial charge in [-0.3, -0.25) is 4.90 Å². The Kier molecular flexibility index (Phi) is 3.19. The summed E-state index contributed by atoms with van der Waals surface area (Å²) in [6.45, 7) is 3.73. The molecule has 0 aliphatic carbocycles. The highest BCUT2D eigenvalue weighted by atomic mass is 16.3. The van der Waals surface area contributed by atoms with Crippen molar-refractivity contribution in [2.45, 2.75) is 13.8 Å². The molecule has 1 rings (SSSR count). The van der Waals surface area contributed by atoms with Crippen LogP contribution < -0.4 is 10.2 Å². The van der Waals surface area contributed by atoms with Crippen LogP contribution in [0.4, 0.5) is 10.5 Å². The molecular formula is C11H16N2O2. The Balaban J connectivity index is 3.19. The van der Waals surface area contributed by atoms with Crippen LogP contribution in [-0.4, -0.2) is 25.2 Å². The van der Waals surface area contributed by atoms with E-state index in [2.05, 4.69) is 5.32 Å². The lowest BCUT2D eigenvalue weighted by atomic mass is 10.1. The van der Waals surface area contributed by atoms with Gasteiger partial charge in [0.25, 0.3) is 0 Å². The average Bonchev–Trinajstić information content (AvgIpc) is 2.21. The molecule has 0 saturated carbocycles. The number of phenolic OH excluding ortho intramolecular Hbond substituents is 1. The molecule has 0 saturated heterocycles. The van der Waals surface area contributed by atoms with Gasteiger partial charge in [-0.1, -0.05) is 6.07 Å². The number of amides is 2. The molecule has 0 unspecified atom stereocenters. The Hall–Kier alpha value is -1.71. The molecule has 0 aliphatic heterocycles. The number of hydrogen-bond acceptors (Lipinski definition) is 2. The van der Waals surface area contributed by atoms with Gasteiger partial charge in [-0.15, -0.1) is 0 Å². The van der Waals surface area contributed by atoms with Gasteiger partial charge in [0, 0.05) is 14.1 Å². The van der Waals surface area contributed by atoms with E-state index >= 15 is 0 Å². The first kappa shape index (κ1) is 11.4. The molecule has 2 N–H and O–H groups in total. The maximum atomic E-state index is 11.4. The minimum absolute atomic E-state index is 0.145. The molecule has 82 valence electrons. The molecule has 0 aromatic heterocycles. The molecule has 0 fully saturated rings. The summed E-state index contributed by atoms with van der Waals surface area (Å²) in [5.74, 6) is 0.145. The maximum absolute atomic E-state index is 11.4. The Morgan fingerprint density at radius 2 is 2.00 bits per heavy atom. The molecule has 1 aromatic carbocycles. The lowest BCUT2D eigenvalue weighted by molar-refractivity contribution is 0.249. The molecule has 0 radical (unpaired) electrons. The zero-order chi connectivity index (χ0) is 11.6. The molecule has 4 nitrogen and oxygen atoms in total. The van der Waals surface area contributed by atoms with Crippen LogP contribution in [0.3, 0.4) is 0 Å². The first-order valence-corrected chi connectivity index (χ1v) is 4.73. The molecule has 15 heavy (non-hydrogen) atoms. The summed E-state index contributed by atoms with van der Waals surface area (Å²) in [6, 6.07) is 3.39. The van der Waals surface area contributed by atoms with Gasteiger partial charge in [0.15, 0.2) is 0 Å². The summed E-state index contributed by atoms with van der Waals surface area (Å²) in [6.07, 6.45) is 0. The van der Waals surface area contributed by atoms with Crippen LogP contribution in [0.25, 0.3) is 0 Å². The van der Waals surface area contributed by atoms with Crippen LogP contribution in [0.5, 0.6) is 5.75 Å². The van der Waals surface area contributed by atoms with Crippen LogP contribution >= 0.6 is 0 Å². The smallest absolute Gasteiger partial charge is 0.321 e. The normalized spacial score (nSPS) is 9.87. The summed E-state index contributed by atoms with van der Waals surface area (Å²) in [4.78, 5) is 12.8. The van der Waals surface area contributed by atoms with Gasteiger partial charge in [0.1, 0.15) is 5.75 Å². The molecule has 1 aromatic rings. The highest BCUT2D eigenvalue weighted by molar-refractivity contribution is 5.93. The van der Waals surface area contributed by atoms with E-state index in [-0.39, 0.29) is 11.8 Å². The summed E-state index contributed by atoms with van der Waals surface area (Å²) in [7, 11) is 3.17. The number of nitrogens with zero attached hydrogens (tertiary/aromatic N) is 1. The van der Waals surface area contributed by atoms with Gasteiger partial charge < -0.3 is 10.4 Å². The SMILES string of the molecule is CNC(=O)N(C)c1cc(C)cc(C)c1O. The van der Waals surface area contributed by atoms with Crippen molar-refractivity contribution in [2.75, 3.05) is 19.0 Å². The van der Waals surface area contributed by atoms with Crippen molar-refractivity contribution < 1.29 is 9.90 Å². The minimum Gasteiger partial charge on any atom is -0.505 e. The molecule has 0 atom stereocenters. The third kappa shape index (κ3) is 2.21. The van der Waals surface area contributed by atoms with Crippen LogP contribution in [0, 0.1) is 13.8 Å². The predicted molar refractivity (Wildman–Crippen MR) is 60.4 cm³/mol. The standard InChI is InChI=1S/C11H16N2O2/c1-7-5-8(2)10(14)9(6-7)13(4)11(15)12-3/h5-6,14H,1-4H3,(H,12,15). The quantitative estimate of drug-likeness (QED) is 0.739. The van der Waals surface area contributed by atoms with Crippen molar-refractivity contribution in [3.05, 3.63) is 23.3 Å². The monoisotopic (exact) mass is 208 g/mol. The van der Waals surface area contributed by atoms with E-state index in [0.717, 1.165) is 11.1 Å². The number of rotatable bonds is 1. The Morgan fingerprint density at radius 1 is 1.40 bits per heavy atom. The number of carbonyl (C=O) groups is 1. The first-order chi connectivity index (χ1) is 6.97. The Labute approximate surface area is 89.5 Å². The van der Waals surface area contributed by atoms with Crippen molar-refractivity contribution in [1.82, 2.24) is 5.32 Å². The maximum Gasteiger partial charge on any atom is 0.321 e. The zero-order valence-corrected chi connectivity index (χ0v) is 9.46. The van der Waals surface area contributed by atoms with Crippen molar-refractivity contribution in [3.8, 4) is 5.75 Å². The third-order valence-electron chi connectivity index (χ3n) is 2.30. The van der Waals surface area contributed by atoms with E-state index in [4.69, 9.17) is 0 Å². The van der Waals surface area contributed by atoms with E-state index < -0.39 is 0 Å². The predicted octanol–water partition coefficient (Wildman–Crippen LogP) is 1.78. The van der Waals surface area contributed by atoms with Crippen molar-refractivity contribution in [3.63, 3.8) is 0 Å². The minimum atomic E-state index is -0.254. The lowest BCUT2D eigenvalue weighted by Crippen LogP contribution is -2.34. The van der Waals surface area contributed by atoms with Crippen LogP contribution in [0.15, 0.2) is 12.1 Å². The van der Waals surface area contributed by atoms with Gasteiger partial charge in [-0.2, -0.15) is 0 Å². The molecule has 4 heteroatoms. The summed E-state index contributed by atoms with van der Waals surface area (Å²) in [5, 5.41) is 12.3. The molecule has 0 spiro atoms. The number of carbonyl (C=O) groups excluding carboxylic acids is 1. The number of hydrogen-bond donors (Lipinski definition) is 2. The van der Waals surface area contributed by atoms with Crippen LogP contribution in [0.1, 0.15) is 11.1 Å². The molecule has 0 aliphatic rings. The first-order valence-electron chi connectivity index (χ1n) is 4.73.